The smallest absolute Gasteiger partial charge is 0.282 e. The molecule has 0 N–H and O–H groups in total. The van der Waals surface area contributed by atoms with Crippen LogP contribution in [0.1, 0.15) is 44.5 Å². The zero-order valence-corrected chi connectivity index (χ0v) is 19.6. The zero-order chi connectivity index (χ0) is 21.8. The van der Waals surface area contributed by atoms with Crippen molar-refractivity contribution in [2.24, 2.45) is 5.10 Å². The molecular weight excluding hydrogens is 470 g/mol. The van der Waals surface area contributed by atoms with Gasteiger partial charge in [0.1, 0.15) is 5.82 Å². The maximum absolute atomic E-state index is 13.2. The van der Waals surface area contributed by atoms with Gasteiger partial charge in [0.25, 0.3) is 5.56 Å². The van der Waals surface area contributed by atoms with Crippen LogP contribution in [0, 0.1) is 0 Å². The number of methoxy groups -OCH3 is 1. The van der Waals surface area contributed by atoms with Gasteiger partial charge in [0.2, 0.25) is 0 Å². The Bertz CT molecular complexity index is 1160. The number of ether oxygens (including phenoxy) is 2. The maximum Gasteiger partial charge on any atom is 0.282 e. The lowest BCUT2D eigenvalue weighted by Crippen LogP contribution is -2.23. The van der Waals surface area contributed by atoms with Crippen LogP contribution in [0.15, 0.2) is 44.7 Å². The molecule has 158 valence electrons. The molecule has 0 amide bonds. The van der Waals surface area contributed by atoms with Gasteiger partial charge < -0.3 is 9.47 Å². The first-order chi connectivity index (χ1) is 14.4. The third-order valence-corrected chi connectivity index (χ3v) is 5.52. The molecule has 0 fully saturated rings. The Labute approximate surface area is 188 Å². The van der Waals surface area contributed by atoms with Crippen molar-refractivity contribution >= 4 is 44.6 Å². The number of fused-ring (bicyclic) bond motifs is 1. The van der Waals surface area contributed by atoms with Crippen LogP contribution in [0.5, 0.6) is 11.5 Å². The predicted molar refractivity (Wildman–Crippen MR) is 125 cm³/mol. The fraction of sp³-hybridized carbons (Fsp3) is 0.318. The van der Waals surface area contributed by atoms with Gasteiger partial charge in [0.15, 0.2) is 11.5 Å². The summed E-state index contributed by atoms with van der Waals surface area (Å²) in [6, 6.07) is 8.95. The molecule has 0 bridgehead atoms. The van der Waals surface area contributed by atoms with Crippen LogP contribution < -0.4 is 15.0 Å². The maximum atomic E-state index is 13.2. The summed E-state index contributed by atoms with van der Waals surface area (Å²) in [5.41, 5.74) is 1.11. The fourth-order valence-electron chi connectivity index (χ4n) is 3.03. The summed E-state index contributed by atoms with van der Waals surface area (Å²) < 4.78 is 13.1. The summed E-state index contributed by atoms with van der Waals surface area (Å²) >= 11 is 9.75. The molecule has 0 aliphatic carbocycles. The molecule has 3 aromatic rings. The van der Waals surface area contributed by atoms with Gasteiger partial charge in [-0.3, -0.25) is 4.79 Å². The molecule has 6 nitrogen and oxygen atoms in total. The van der Waals surface area contributed by atoms with Gasteiger partial charge in [0, 0.05) is 10.4 Å². The minimum atomic E-state index is -0.225. The van der Waals surface area contributed by atoms with Crippen molar-refractivity contribution in [2.45, 2.75) is 33.1 Å². The Morgan fingerprint density at radius 3 is 2.73 bits per heavy atom. The van der Waals surface area contributed by atoms with Crippen molar-refractivity contribution in [2.75, 3.05) is 13.7 Å². The standard InChI is InChI=1S/C22H23BrClN3O3/c1-5-13(3)21-26-18-8-7-15(23)11-16(18)22(28)27(21)25-12-14-9-17(24)20(29-4)19(10-14)30-6-2/h7-13H,5-6H2,1-4H3/t13-/m0/s1. The molecule has 0 saturated carbocycles. The molecule has 1 aromatic heterocycles. The van der Waals surface area contributed by atoms with Gasteiger partial charge in [0.05, 0.1) is 35.9 Å². The van der Waals surface area contributed by atoms with Crippen molar-refractivity contribution in [3.8, 4) is 11.5 Å². The summed E-state index contributed by atoms with van der Waals surface area (Å²) in [6.07, 6.45) is 2.40. The SMILES string of the molecule is CCOc1cc(C=Nn2c([C@@H](C)CC)nc3ccc(Br)cc3c2=O)cc(Cl)c1OC. The normalized spacial score (nSPS) is 12.5. The molecule has 30 heavy (non-hydrogen) atoms. The second-order valence-electron chi connectivity index (χ2n) is 6.77. The molecule has 0 spiro atoms. The highest BCUT2D eigenvalue weighted by atomic mass is 79.9. The van der Waals surface area contributed by atoms with Crippen LogP contribution in [0.2, 0.25) is 5.02 Å². The summed E-state index contributed by atoms with van der Waals surface area (Å²) in [4.78, 5) is 17.9. The predicted octanol–water partition coefficient (Wildman–Crippen LogP) is 5.62. The number of hydrogen-bond donors (Lipinski definition) is 0. The zero-order valence-electron chi connectivity index (χ0n) is 17.3. The first-order valence-corrected chi connectivity index (χ1v) is 10.8. The average Bonchev–Trinajstić information content (AvgIpc) is 2.73. The lowest BCUT2D eigenvalue weighted by Gasteiger charge is -2.14. The van der Waals surface area contributed by atoms with Crippen molar-refractivity contribution in [1.29, 1.82) is 0 Å². The summed E-state index contributed by atoms with van der Waals surface area (Å²) in [5, 5.41) is 5.37. The van der Waals surface area contributed by atoms with E-state index in [4.69, 9.17) is 26.1 Å². The van der Waals surface area contributed by atoms with Crippen LogP contribution in [0.25, 0.3) is 10.9 Å². The van der Waals surface area contributed by atoms with E-state index in [0.717, 1.165) is 10.9 Å². The van der Waals surface area contributed by atoms with Gasteiger partial charge in [-0.05, 0) is 49.2 Å². The van der Waals surface area contributed by atoms with Gasteiger partial charge in [-0.2, -0.15) is 9.78 Å². The topological polar surface area (TPSA) is 65.7 Å². The van der Waals surface area contributed by atoms with E-state index in [-0.39, 0.29) is 11.5 Å². The second kappa shape index (κ2) is 9.62. The second-order valence-corrected chi connectivity index (χ2v) is 8.09. The Morgan fingerprint density at radius 1 is 1.30 bits per heavy atom. The molecular formula is C22H23BrClN3O3. The summed E-state index contributed by atoms with van der Waals surface area (Å²) in [7, 11) is 1.54. The van der Waals surface area contributed by atoms with Crippen LogP contribution in [0.4, 0.5) is 0 Å². The minimum absolute atomic E-state index is 0.0568. The number of aromatic nitrogens is 2. The molecule has 3 rings (SSSR count). The van der Waals surface area contributed by atoms with Crippen molar-refractivity contribution < 1.29 is 9.47 Å². The largest absolute Gasteiger partial charge is 0.491 e. The van der Waals surface area contributed by atoms with Crippen molar-refractivity contribution in [3.63, 3.8) is 0 Å². The molecule has 0 aliphatic heterocycles. The lowest BCUT2D eigenvalue weighted by atomic mass is 10.1. The first-order valence-electron chi connectivity index (χ1n) is 9.66. The van der Waals surface area contributed by atoms with Crippen LogP contribution in [-0.4, -0.2) is 29.6 Å². The number of benzene rings is 2. The minimum Gasteiger partial charge on any atom is -0.491 e. The molecule has 1 heterocycles. The number of halogens is 2. The molecule has 0 unspecified atom stereocenters. The van der Waals surface area contributed by atoms with E-state index < -0.39 is 0 Å². The molecule has 0 saturated heterocycles. The fourth-order valence-corrected chi connectivity index (χ4v) is 3.68. The van der Waals surface area contributed by atoms with Crippen molar-refractivity contribution in [1.82, 2.24) is 9.66 Å². The van der Waals surface area contributed by atoms with E-state index in [1.165, 1.54) is 11.8 Å². The average molecular weight is 493 g/mol. The van der Waals surface area contributed by atoms with Gasteiger partial charge in [-0.1, -0.05) is 41.4 Å². The van der Waals surface area contributed by atoms with Crippen molar-refractivity contribution in [3.05, 3.63) is 61.6 Å². The third-order valence-electron chi connectivity index (χ3n) is 4.74. The lowest BCUT2D eigenvalue weighted by molar-refractivity contribution is 0.311. The molecule has 2 aromatic carbocycles. The van der Waals surface area contributed by atoms with E-state index in [1.54, 1.807) is 24.4 Å². The summed E-state index contributed by atoms with van der Waals surface area (Å²) in [5.74, 6) is 1.65. The van der Waals surface area contributed by atoms with Crippen LogP contribution in [-0.2, 0) is 0 Å². The quantitative estimate of drug-likeness (QED) is 0.402. The van der Waals surface area contributed by atoms with E-state index >= 15 is 0 Å². The Hall–Kier alpha value is -2.38. The summed E-state index contributed by atoms with van der Waals surface area (Å²) in [6.45, 7) is 6.42. The Balaban J connectivity index is 2.16. The number of rotatable bonds is 7. The third kappa shape index (κ3) is 4.52. The van der Waals surface area contributed by atoms with E-state index in [0.29, 0.717) is 45.4 Å². The van der Waals surface area contributed by atoms with Gasteiger partial charge in [-0.25, -0.2) is 4.98 Å². The van der Waals surface area contributed by atoms with Gasteiger partial charge in [-0.15, -0.1) is 0 Å². The first kappa shape index (κ1) is 22.3. The Kier molecular flexibility index (Phi) is 7.15. The number of nitrogens with zero attached hydrogens (tertiary/aromatic N) is 3. The highest BCUT2D eigenvalue weighted by Gasteiger charge is 2.16. The van der Waals surface area contributed by atoms with Crippen LogP contribution >= 0.6 is 27.5 Å². The molecule has 0 aliphatic rings. The van der Waals surface area contributed by atoms with Gasteiger partial charge >= 0.3 is 0 Å². The molecule has 1 atom stereocenters. The molecule has 8 heteroatoms. The highest BCUT2D eigenvalue weighted by molar-refractivity contribution is 9.10. The van der Waals surface area contributed by atoms with E-state index in [9.17, 15) is 4.79 Å². The number of hydrogen-bond acceptors (Lipinski definition) is 5. The Morgan fingerprint density at radius 2 is 2.07 bits per heavy atom. The van der Waals surface area contributed by atoms with E-state index in [2.05, 4.69) is 21.0 Å². The van der Waals surface area contributed by atoms with E-state index in [1.807, 2.05) is 32.9 Å². The van der Waals surface area contributed by atoms with Crippen LogP contribution in [0.3, 0.4) is 0 Å². The molecule has 0 radical (unpaired) electrons. The highest BCUT2D eigenvalue weighted by Crippen LogP contribution is 2.36. The monoisotopic (exact) mass is 491 g/mol.